The van der Waals surface area contributed by atoms with Crippen molar-refractivity contribution in [3.8, 4) is 0 Å². The monoisotopic (exact) mass is 252 g/mol. The first-order valence-electron chi connectivity index (χ1n) is 5.72. The molecule has 0 aliphatic rings. The van der Waals surface area contributed by atoms with E-state index in [0.29, 0.717) is 5.15 Å². The average Bonchev–Trinajstić information content (AvgIpc) is 2.60. The molecule has 0 bridgehead atoms. The molecule has 0 aliphatic carbocycles. The van der Waals surface area contributed by atoms with Crippen LogP contribution in [0.1, 0.15) is 46.5 Å². The Kier molecular flexibility index (Phi) is 2.86. The molecule has 2 aromatic heterocycles. The maximum absolute atomic E-state index is 6.18. The van der Waals surface area contributed by atoms with E-state index in [0.717, 1.165) is 16.9 Å². The van der Waals surface area contributed by atoms with Gasteiger partial charge in [-0.25, -0.2) is 14.6 Å². The van der Waals surface area contributed by atoms with Crippen LogP contribution in [-0.4, -0.2) is 19.7 Å². The molecule has 0 unspecified atom stereocenters. The molecule has 0 aliphatic heterocycles. The first-order valence-corrected chi connectivity index (χ1v) is 6.09. The van der Waals surface area contributed by atoms with Crippen molar-refractivity contribution in [2.75, 3.05) is 0 Å². The maximum atomic E-state index is 6.18. The van der Waals surface area contributed by atoms with Crippen LogP contribution in [0.3, 0.4) is 0 Å². The van der Waals surface area contributed by atoms with Crippen molar-refractivity contribution in [3.05, 3.63) is 17.2 Å². The van der Waals surface area contributed by atoms with E-state index >= 15 is 0 Å². The zero-order valence-corrected chi connectivity index (χ0v) is 11.6. The van der Waals surface area contributed by atoms with E-state index in [1.54, 1.807) is 6.20 Å². The van der Waals surface area contributed by atoms with Crippen LogP contribution >= 0.6 is 11.6 Å². The fourth-order valence-electron chi connectivity index (χ4n) is 1.60. The summed E-state index contributed by atoms with van der Waals surface area (Å²) in [6, 6.07) is 0.256. The van der Waals surface area contributed by atoms with Gasteiger partial charge < -0.3 is 0 Å². The summed E-state index contributed by atoms with van der Waals surface area (Å²) in [5.41, 5.74) is 0.689. The number of aromatic nitrogens is 4. The van der Waals surface area contributed by atoms with E-state index in [-0.39, 0.29) is 11.5 Å². The Morgan fingerprint density at radius 1 is 1.24 bits per heavy atom. The topological polar surface area (TPSA) is 43.6 Å². The average molecular weight is 253 g/mol. The third kappa shape index (κ3) is 2.14. The molecule has 5 heteroatoms. The highest BCUT2D eigenvalue weighted by molar-refractivity contribution is 6.33. The number of halogens is 1. The van der Waals surface area contributed by atoms with Gasteiger partial charge in [-0.2, -0.15) is 5.10 Å². The zero-order chi connectivity index (χ0) is 12.8. The number of nitrogens with zero attached hydrogens (tertiary/aromatic N) is 4. The molecule has 4 nitrogen and oxygen atoms in total. The van der Waals surface area contributed by atoms with Crippen LogP contribution in [0.15, 0.2) is 6.20 Å². The summed E-state index contributed by atoms with van der Waals surface area (Å²) in [5, 5.41) is 5.60. The molecule has 0 amide bonds. The van der Waals surface area contributed by atoms with Crippen molar-refractivity contribution < 1.29 is 0 Å². The summed E-state index contributed by atoms with van der Waals surface area (Å²) in [6.45, 7) is 10.3. The minimum Gasteiger partial charge on any atom is -0.245 e. The van der Waals surface area contributed by atoms with Crippen LogP contribution in [0.4, 0.5) is 0 Å². The van der Waals surface area contributed by atoms with E-state index in [9.17, 15) is 0 Å². The van der Waals surface area contributed by atoms with Crippen molar-refractivity contribution in [2.24, 2.45) is 0 Å². The predicted molar refractivity (Wildman–Crippen MR) is 69.4 cm³/mol. The van der Waals surface area contributed by atoms with Crippen molar-refractivity contribution in [2.45, 2.75) is 46.1 Å². The molecule has 0 atom stereocenters. The Balaban J connectivity index is 2.74. The van der Waals surface area contributed by atoms with Gasteiger partial charge in [-0.15, -0.1) is 0 Å². The Hall–Kier alpha value is -1.16. The van der Waals surface area contributed by atoms with Crippen molar-refractivity contribution in [3.63, 3.8) is 0 Å². The van der Waals surface area contributed by atoms with Crippen LogP contribution in [0.2, 0.25) is 5.15 Å². The molecular formula is C12H17ClN4. The molecule has 0 fully saturated rings. The van der Waals surface area contributed by atoms with E-state index in [1.807, 2.05) is 4.68 Å². The highest BCUT2D eigenvalue weighted by atomic mass is 35.5. The van der Waals surface area contributed by atoms with Crippen LogP contribution in [-0.2, 0) is 5.41 Å². The van der Waals surface area contributed by atoms with E-state index in [1.165, 1.54) is 0 Å². The number of hydrogen-bond donors (Lipinski definition) is 0. The van der Waals surface area contributed by atoms with E-state index in [2.05, 4.69) is 49.7 Å². The van der Waals surface area contributed by atoms with Crippen LogP contribution in [0.25, 0.3) is 11.0 Å². The lowest BCUT2D eigenvalue weighted by atomic mass is 9.96. The largest absolute Gasteiger partial charge is 0.245 e. The summed E-state index contributed by atoms with van der Waals surface area (Å²) >= 11 is 6.18. The van der Waals surface area contributed by atoms with Gasteiger partial charge in [0.15, 0.2) is 5.65 Å². The normalized spacial score (nSPS) is 12.6. The lowest BCUT2D eigenvalue weighted by Gasteiger charge is -2.17. The second-order valence-corrected chi connectivity index (χ2v) is 5.87. The van der Waals surface area contributed by atoms with Crippen molar-refractivity contribution in [1.29, 1.82) is 0 Å². The quantitative estimate of drug-likeness (QED) is 0.731. The molecule has 0 aromatic carbocycles. The molecular weight excluding hydrogens is 236 g/mol. The first kappa shape index (κ1) is 12.3. The molecule has 2 rings (SSSR count). The number of rotatable bonds is 1. The minimum absolute atomic E-state index is 0.121. The molecule has 0 saturated heterocycles. The van der Waals surface area contributed by atoms with E-state index < -0.39 is 0 Å². The molecule has 2 heterocycles. The van der Waals surface area contributed by atoms with Crippen molar-refractivity contribution >= 4 is 22.6 Å². The van der Waals surface area contributed by atoms with Crippen LogP contribution in [0, 0.1) is 0 Å². The molecule has 0 saturated carbocycles. The fraction of sp³-hybridized carbons (Fsp3) is 0.583. The first-order chi connectivity index (χ1) is 7.80. The minimum atomic E-state index is -0.121. The lowest BCUT2D eigenvalue weighted by molar-refractivity contribution is 0.528. The van der Waals surface area contributed by atoms with Gasteiger partial charge in [-0.1, -0.05) is 32.4 Å². The smallest absolute Gasteiger partial charge is 0.163 e. The highest BCUT2D eigenvalue weighted by Gasteiger charge is 2.21. The zero-order valence-electron chi connectivity index (χ0n) is 10.8. The fourth-order valence-corrected chi connectivity index (χ4v) is 1.82. The second-order valence-electron chi connectivity index (χ2n) is 5.51. The Bertz CT molecular complexity index is 551. The summed E-state index contributed by atoms with van der Waals surface area (Å²) in [4.78, 5) is 8.94. The molecule has 0 N–H and O–H groups in total. The van der Waals surface area contributed by atoms with Gasteiger partial charge in [-0.3, -0.25) is 0 Å². The standard InChI is InChI=1S/C12H17ClN4/c1-7(2)17-10-8(6-14-17)9(13)15-11(16-10)12(3,4)5/h6-7H,1-5H3. The van der Waals surface area contributed by atoms with Gasteiger partial charge in [0.05, 0.1) is 11.6 Å². The van der Waals surface area contributed by atoms with E-state index in [4.69, 9.17) is 11.6 Å². The van der Waals surface area contributed by atoms with Crippen LogP contribution in [0.5, 0.6) is 0 Å². The maximum Gasteiger partial charge on any atom is 0.163 e. The molecule has 0 spiro atoms. The van der Waals surface area contributed by atoms with Gasteiger partial charge >= 0.3 is 0 Å². The number of hydrogen-bond acceptors (Lipinski definition) is 3. The SMILES string of the molecule is CC(C)n1ncc2c(Cl)nc(C(C)(C)C)nc21. The van der Waals surface area contributed by atoms with Gasteiger partial charge in [0.1, 0.15) is 11.0 Å². The Morgan fingerprint density at radius 2 is 1.88 bits per heavy atom. The molecule has 92 valence electrons. The molecule has 17 heavy (non-hydrogen) atoms. The highest BCUT2D eigenvalue weighted by Crippen LogP contribution is 2.26. The van der Waals surface area contributed by atoms with Gasteiger partial charge in [0.25, 0.3) is 0 Å². The predicted octanol–water partition coefficient (Wildman–Crippen LogP) is 3.36. The third-order valence-corrected chi connectivity index (χ3v) is 2.86. The number of fused-ring (bicyclic) bond motifs is 1. The van der Waals surface area contributed by atoms with Gasteiger partial charge in [0.2, 0.25) is 0 Å². The summed E-state index contributed by atoms with van der Waals surface area (Å²) < 4.78 is 1.87. The molecule has 2 aromatic rings. The van der Waals surface area contributed by atoms with Gasteiger partial charge in [0, 0.05) is 11.5 Å². The molecule has 0 radical (unpaired) electrons. The lowest BCUT2D eigenvalue weighted by Crippen LogP contribution is -2.17. The second kappa shape index (κ2) is 3.95. The summed E-state index contributed by atoms with van der Waals surface area (Å²) in [7, 11) is 0. The van der Waals surface area contributed by atoms with Crippen molar-refractivity contribution in [1.82, 2.24) is 19.7 Å². The summed E-state index contributed by atoms with van der Waals surface area (Å²) in [6.07, 6.45) is 1.73. The summed E-state index contributed by atoms with van der Waals surface area (Å²) in [5.74, 6) is 0.748. The Labute approximate surface area is 106 Å². The van der Waals surface area contributed by atoms with Gasteiger partial charge in [-0.05, 0) is 13.8 Å². The Morgan fingerprint density at radius 3 is 2.41 bits per heavy atom. The van der Waals surface area contributed by atoms with Crippen LogP contribution < -0.4 is 0 Å². The third-order valence-electron chi connectivity index (χ3n) is 2.57.